The number of aliphatic hydroxyl groups excluding tert-OH is 3. The van der Waals surface area contributed by atoms with Crippen LogP contribution in [0.3, 0.4) is 0 Å². The van der Waals surface area contributed by atoms with E-state index >= 15 is 0 Å². The van der Waals surface area contributed by atoms with Gasteiger partial charge in [0.1, 0.15) is 29.7 Å². The summed E-state index contributed by atoms with van der Waals surface area (Å²) in [5.74, 6) is 0.366. The van der Waals surface area contributed by atoms with Crippen molar-refractivity contribution in [3.63, 3.8) is 0 Å². The second-order valence-electron chi connectivity index (χ2n) is 10.4. The number of nitrogens with zero attached hydrogens (tertiary/aromatic N) is 2. The molecule has 4 rings (SSSR count). The molecule has 4 aliphatic rings. The summed E-state index contributed by atoms with van der Waals surface area (Å²) in [7, 11) is -4.78. The van der Waals surface area contributed by atoms with Crippen LogP contribution in [0, 0.1) is 5.41 Å². The SMILES string of the molecule is NC1=NC(O)C23CCCCCCCCCCCCC12C=CN3C1OC(COP(=O)(O)O)C(O)C1O. The molecule has 35 heavy (non-hydrogen) atoms. The molecule has 0 amide bonds. The highest BCUT2D eigenvalue weighted by Crippen LogP contribution is 2.57. The molecular weight excluding hydrogens is 477 g/mol. The molecule has 2 fully saturated rings. The fourth-order valence-electron chi connectivity index (χ4n) is 6.44. The first-order valence-electron chi connectivity index (χ1n) is 12.8. The third-order valence-electron chi connectivity index (χ3n) is 8.30. The summed E-state index contributed by atoms with van der Waals surface area (Å²) < 4.78 is 21.6. The quantitative estimate of drug-likeness (QED) is 0.299. The van der Waals surface area contributed by atoms with Crippen LogP contribution in [0.1, 0.15) is 77.0 Å². The van der Waals surface area contributed by atoms with Crippen LogP contribution in [0.25, 0.3) is 0 Å². The molecule has 7 unspecified atom stereocenters. The Hall–Kier alpha value is -1.04. The van der Waals surface area contributed by atoms with Crippen molar-refractivity contribution in [2.45, 2.75) is 113 Å². The van der Waals surface area contributed by atoms with Crippen molar-refractivity contribution in [2.75, 3.05) is 6.61 Å². The highest BCUT2D eigenvalue weighted by atomic mass is 31.2. The Balaban J connectivity index is 1.62. The molecule has 0 spiro atoms. The van der Waals surface area contributed by atoms with Crippen LogP contribution in [0.5, 0.6) is 0 Å². The summed E-state index contributed by atoms with van der Waals surface area (Å²) in [6.45, 7) is -0.587. The number of ether oxygens (including phenoxy) is 1. The van der Waals surface area contributed by atoms with Crippen LogP contribution < -0.4 is 5.73 Å². The van der Waals surface area contributed by atoms with Gasteiger partial charge in [0.2, 0.25) is 0 Å². The first kappa shape index (κ1) is 27.0. The van der Waals surface area contributed by atoms with Gasteiger partial charge in [-0.3, -0.25) is 4.52 Å². The van der Waals surface area contributed by atoms with Gasteiger partial charge in [-0.25, -0.2) is 9.56 Å². The normalized spacial score (nSPS) is 41.3. The van der Waals surface area contributed by atoms with Crippen LogP contribution >= 0.6 is 7.82 Å². The van der Waals surface area contributed by atoms with Gasteiger partial charge in [-0.15, -0.1) is 0 Å². The van der Waals surface area contributed by atoms with Gasteiger partial charge < -0.3 is 40.5 Å². The monoisotopic (exact) mass is 517 g/mol. The Morgan fingerprint density at radius 1 is 1.00 bits per heavy atom. The highest BCUT2D eigenvalue weighted by Gasteiger charge is 2.68. The zero-order valence-electron chi connectivity index (χ0n) is 20.1. The minimum atomic E-state index is -4.78. The molecule has 12 heteroatoms. The van der Waals surface area contributed by atoms with Gasteiger partial charge in [0.25, 0.3) is 0 Å². The first-order valence-corrected chi connectivity index (χ1v) is 14.4. The molecule has 1 aliphatic carbocycles. The Kier molecular flexibility index (Phi) is 8.30. The van der Waals surface area contributed by atoms with Crippen molar-refractivity contribution in [1.82, 2.24) is 4.90 Å². The zero-order valence-corrected chi connectivity index (χ0v) is 21.0. The van der Waals surface area contributed by atoms with E-state index in [1.165, 1.54) is 25.7 Å². The van der Waals surface area contributed by atoms with E-state index in [1.54, 1.807) is 11.1 Å². The molecule has 1 saturated heterocycles. The average molecular weight is 518 g/mol. The number of hydrogen-bond acceptors (Lipinski definition) is 9. The molecule has 7 atom stereocenters. The minimum absolute atomic E-state index is 0.366. The van der Waals surface area contributed by atoms with E-state index in [1.807, 2.05) is 6.08 Å². The van der Waals surface area contributed by atoms with Gasteiger partial charge >= 0.3 is 7.82 Å². The van der Waals surface area contributed by atoms with Gasteiger partial charge in [-0.2, -0.15) is 0 Å². The molecule has 3 aliphatic heterocycles. The molecule has 3 heterocycles. The summed E-state index contributed by atoms with van der Waals surface area (Å²) in [6.07, 6.45) is 9.73. The number of hydrogen-bond donors (Lipinski definition) is 6. The summed E-state index contributed by atoms with van der Waals surface area (Å²) in [4.78, 5) is 24.2. The van der Waals surface area contributed by atoms with Gasteiger partial charge in [0.15, 0.2) is 12.5 Å². The largest absolute Gasteiger partial charge is 0.469 e. The molecule has 1 saturated carbocycles. The van der Waals surface area contributed by atoms with E-state index < -0.39 is 56.2 Å². The standard InChI is InChI=1S/C23H40N3O8P/c24-20-22-11-9-7-5-3-1-2-4-6-8-10-12-23(22,21(29)25-20)26(14-13-22)19-18(28)17(27)16(34-19)15-33-35(30,31)32/h13-14,16-19,21,27-29H,1-12,15H2,(H2,24,25)(H2,30,31,32). The predicted octanol–water partition coefficient (Wildman–Crippen LogP) is 1.48. The Bertz CT molecular complexity index is 853. The van der Waals surface area contributed by atoms with E-state index in [4.69, 9.17) is 20.3 Å². The van der Waals surface area contributed by atoms with E-state index in [0.717, 1.165) is 38.5 Å². The number of aliphatic imine (C=N–C) groups is 1. The van der Waals surface area contributed by atoms with E-state index in [0.29, 0.717) is 18.7 Å². The third-order valence-corrected chi connectivity index (χ3v) is 8.78. The third kappa shape index (κ3) is 5.07. The zero-order chi connectivity index (χ0) is 25.3. The lowest BCUT2D eigenvalue weighted by atomic mass is 9.65. The van der Waals surface area contributed by atoms with Gasteiger partial charge in [0.05, 0.1) is 12.0 Å². The summed E-state index contributed by atoms with van der Waals surface area (Å²) in [5.41, 5.74) is 4.77. The van der Waals surface area contributed by atoms with Gasteiger partial charge in [-0.1, -0.05) is 70.3 Å². The number of nitrogens with two attached hydrogens (primary N) is 1. The lowest BCUT2D eigenvalue weighted by Gasteiger charge is -2.50. The van der Waals surface area contributed by atoms with Crippen molar-refractivity contribution in [3.05, 3.63) is 12.3 Å². The van der Waals surface area contributed by atoms with Crippen molar-refractivity contribution < 1.29 is 38.9 Å². The first-order chi connectivity index (χ1) is 16.6. The van der Waals surface area contributed by atoms with Crippen molar-refractivity contribution in [3.8, 4) is 0 Å². The van der Waals surface area contributed by atoms with E-state index in [9.17, 15) is 19.9 Å². The molecular formula is C23H40N3O8P. The van der Waals surface area contributed by atoms with Crippen LogP contribution in [0.2, 0.25) is 0 Å². The second-order valence-corrected chi connectivity index (χ2v) is 11.6. The Morgan fingerprint density at radius 2 is 1.57 bits per heavy atom. The lowest BCUT2D eigenvalue weighted by molar-refractivity contribution is -0.149. The lowest BCUT2D eigenvalue weighted by Crippen LogP contribution is -2.64. The predicted molar refractivity (Wildman–Crippen MR) is 128 cm³/mol. The van der Waals surface area contributed by atoms with Crippen LogP contribution in [-0.4, -0.2) is 78.8 Å². The average Bonchev–Trinajstić information content (AvgIpc) is 3.34. The summed E-state index contributed by atoms with van der Waals surface area (Å²) in [5, 5.41) is 32.8. The topological polar surface area (TPSA) is 178 Å². The van der Waals surface area contributed by atoms with Crippen LogP contribution in [0.4, 0.5) is 0 Å². The molecule has 7 N–H and O–H groups in total. The minimum Gasteiger partial charge on any atom is -0.387 e. The molecule has 0 aromatic rings. The maximum atomic E-state index is 11.3. The number of phosphoric acid groups is 1. The summed E-state index contributed by atoms with van der Waals surface area (Å²) >= 11 is 0. The molecule has 0 bridgehead atoms. The van der Waals surface area contributed by atoms with Crippen LogP contribution in [-0.2, 0) is 13.8 Å². The van der Waals surface area contributed by atoms with Crippen molar-refractivity contribution in [2.24, 2.45) is 16.1 Å². The van der Waals surface area contributed by atoms with E-state index in [-0.39, 0.29) is 0 Å². The molecule has 200 valence electrons. The molecule has 0 radical (unpaired) electrons. The second kappa shape index (κ2) is 10.8. The van der Waals surface area contributed by atoms with Crippen molar-refractivity contribution >= 4 is 13.7 Å². The Labute approximate surface area is 206 Å². The maximum Gasteiger partial charge on any atom is 0.469 e. The number of amidine groups is 1. The highest BCUT2D eigenvalue weighted by molar-refractivity contribution is 7.46. The number of phosphoric ester groups is 1. The maximum absolute atomic E-state index is 11.3. The molecule has 0 aromatic heterocycles. The van der Waals surface area contributed by atoms with Gasteiger partial charge in [0, 0.05) is 0 Å². The number of rotatable bonds is 4. The van der Waals surface area contributed by atoms with E-state index in [2.05, 4.69) is 9.52 Å². The summed E-state index contributed by atoms with van der Waals surface area (Å²) in [6, 6.07) is 0. The molecule has 0 aromatic carbocycles. The Morgan fingerprint density at radius 3 is 2.17 bits per heavy atom. The number of aliphatic hydroxyl groups is 3. The molecule has 11 nitrogen and oxygen atoms in total. The fourth-order valence-corrected chi connectivity index (χ4v) is 6.78. The smallest absolute Gasteiger partial charge is 0.387 e. The van der Waals surface area contributed by atoms with Crippen molar-refractivity contribution in [1.29, 1.82) is 0 Å². The van der Waals surface area contributed by atoms with Gasteiger partial charge in [-0.05, 0) is 19.0 Å². The van der Waals surface area contributed by atoms with Crippen LogP contribution in [0.15, 0.2) is 17.3 Å². The fraction of sp³-hybridized carbons (Fsp3) is 0.870.